The first-order chi connectivity index (χ1) is 14.6. The molecule has 0 aliphatic rings. The van der Waals surface area contributed by atoms with E-state index in [1.54, 1.807) is 11.0 Å². The lowest BCUT2D eigenvalue weighted by atomic mass is 10.1. The van der Waals surface area contributed by atoms with Gasteiger partial charge in [0.25, 0.3) is 0 Å². The summed E-state index contributed by atoms with van der Waals surface area (Å²) < 4.78 is 5.70. The number of fused-ring (bicyclic) bond motifs is 1. The van der Waals surface area contributed by atoms with Crippen LogP contribution in [0.5, 0.6) is 5.75 Å². The van der Waals surface area contributed by atoms with Crippen LogP contribution < -0.4 is 4.74 Å². The van der Waals surface area contributed by atoms with Crippen LogP contribution in [0.15, 0.2) is 65.6 Å². The smallest absolute Gasteiger partial charge is 0.409 e. The molecule has 5 heteroatoms. The van der Waals surface area contributed by atoms with Crippen molar-refractivity contribution in [1.82, 2.24) is 4.90 Å². The van der Waals surface area contributed by atoms with E-state index in [9.17, 15) is 9.59 Å². The summed E-state index contributed by atoms with van der Waals surface area (Å²) in [6.07, 6.45) is 1.70. The van der Waals surface area contributed by atoms with E-state index < -0.39 is 0 Å². The molecule has 0 spiro atoms. The highest BCUT2D eigenvalue weighted by Gasteiger charge is 2.17. The molecular formula is C25H27NO3S. The predicted octanol–water partition coefficient (Wildman–Crippen LogP) is 6.57. The zero-order valence-electron chi connectivity index (χ0n) is 17.7. The lowest BCUT2D eigenvalue weighted by Gasteiger charge is -2.19. The van der Waals surface area contributed by atoms with Crippen LogP contribution in [0.25, 0.3) is 10.8 Å². The Balaban J connectivity index is 1.90. The molecule has 4 nitrogen and oxygen atoms in total. The van der Waals surface area contributed by atoms with Crippen molar-refractivity contribution in [3.8, 4) is 5.75 Å². The molecule has 156 valence electrons. The van der Waals surface area contributed by atoms with Gasteiger partial charge in [0.15, 0.2) is 0 Å². The molecule has 3 rings (SSSR count). The monoisotopic (exact) mass is 421 g/mol. The summed E-state index contributed by atoms with van der Waals surface area (Å²) in [5.74, 6) is 0.471. The molecule has 0 saturated carbocycles. The first-order valence-electron chi connectivity index (χ1n) is 10.4. The van der Waals surface area contributed by atoms with Crippen LogP contribution in [0.2, 0.25) is 0 Å². The number of thioether (sulfide) groups is 1. The summed E-state index contributed by atoms with van der Waals surface area (Å²) in [7, 11) is 0. The van der Waals surface area contributed by atoms with Gasteiger partial charge in [-0.25, -0.2) is 4.79 Å². The second kappa shape index (κ2) is 10.3. The first kappa shape index (κ1) is 21.9. The van der Waals surface area contributed by atoms with Crippen LogP contribution in [0.1, 0.15) is 43.1 Å². The zero-order chi connectivity index (χ0) is 21.5. The maximum Gasteiger partial charge on any atom is 0.415 e. The first-order valence-corrected chi connectivity index (χ1v) is 11.2. The van der Waals surface area contributed by atoms with Gasteiger partial charge < -0.3 is 9.64 Å². The summed E-state index contributed by atoms with van der Waals surface area (Å²) in [6.45, 7) is 7.13. The molecule has 0 aliphatic heterocycles. The molecule has 30 heavy (non-hydrogen) atoms. The molecule has 0 atom stereocenters. The second-order valence-electron chi connectivity index (χ2n) is 6.99. The Labute approximate surface area is 182 Å². The third kappa shape index (κ3) is 5.03. The third-order valence-electron chi connectivity index (χ3n) is 4.98. The number of nitrogens with zero attached hydrogens (tertiary/aromatic N) is 1. The highest BCUT2D eigenvalue weighted by Crippen LogP contribution is 2.36. The summed E-state index contributed by atoms with van der Waals surface area (Å²) in [4.78, 5) is 27.8. The van der Waals surface area contributed by atoms with E-state index in [4.69, 9.17) is 4.74 Å². The van der Waals surface area contributed by atoms with Gasteiger partial charge in [0.05, 0.1) is 0 Å². The molecule has 3 aromatic carbocycles. The Bertz CT molecular complexity index is 1020. The predicted molar refractivity (Wildman–Crippen MR) is 124 cm³/mol. The maximum absolute atomic E-state index is 12.9. The number of carbonyl (C=O) groups is 2. The van der Waals surface area contributed by atoms with Crippen LogP contribution in [-0.4, -0.2) is 29.2 Å². The summed E-state index contributed by atoms with van der Waals surface area (Å²) in [5, 5.41) is 1.67. The van der Waals surface area contributed by atoms with Gasteiger partial charge in [-0.1, -0.05) is 61.9 Å². The fourth-order valence-electron chi connectivity index (χ4n) is 3.34. The molecule has 0 aliphatic carbocycles. The van der Waals surface area contributed by atoms with Crippen molar-refractivity contribution in [1.29, 1.82) is 0 Å². The number of aryl methyl sites for hydroxylation is 1. The Hall–Kier alpha value is -2.79. The molecule has 0 N–H and O–H groups in total. The van der Waals surface area contributed by atoms with Crippen LogP contribution in [0.4, 0.5) is 4.79 Å². The number of hydrogen-bond donors (Lipinski definition) is 0. The molecular weight excluding hydrogens is 394 g/mol. The number of rotatable bonds is 7. The molecule has 3 aromatic rings. The van der Waals surface area contributed by atoms with Crippen LogP contribution in [0, 0.1) is 0 Å². The normalized spacial score (nSPS) is 10.8. The summed E-state index contributed by atoms with van der Waals surface area (Å²) in [5.41, 5.74) is 1.89. The number of hydrogen-bond acceptors (Lipinski definition) is 4. The molecule has 1 amide bonds. The lowest BCUT2D eigenvalue weighted by Crippen LogP contribution is -2.33. The Kier molecular flexibility index (Phi) is 7.52. The quantitative estimate of drug-likeness (QED) is 0.405. The maximum atomic E-state index is 12.9. The molecule has 0 saturated heterocycles. The molecule has 0 aromatic heterocycles. The van der Waals surface area contributed by atoms with E-state index in [1.165, 1.54) is 5.56 Å². The minimum absolute atomic E-state index is 0.0320. The lowest BCUT2D eigenvalue weighted by molar-refractivity contribution is 0.108. The van der Waals surface area contributed by atoms with Gasteiger partial charge in [-0.2, -0.15) is 0 Å². The molecule has 0 fully saturated rings. The van der Waals surface area contributed by atoms with Gasteiger partial charge in [-0.3, -0.25) is 4.79 Å². The van der Waals surface area contributed by atoms with Gasteiger partial charge in [-0.05, 0) is 55.1 Å². The summed E-state index contributed by atoms with van der Waals surface area (Å²) >= 11 is 1.16. The standard InChI is InChI=1S/C25H27NO3S/c1-4-9-18-14-16-20(17-15-18)24(27)30-22-13-8-11-19-10-7-12-21(23(19)22)29-25(28)26(5-2)6-3/h7-8,10-17H,4-6,9H2,1-3H3. The Morgan fingerprint density at radius 3 is 2.20 bits per heavy atom. The largest absolute Gasteiger partial charge is 0.415 e. The van der Waals surface area contributed by atoms with Crippen molar-refractivity contribution < 1.29 is 14.3 Å². The number of amides is 1. The highest BCUT2D eigenvalue weighted by atomic mass is 32.2. The van der Waals surface area contributed by atoms with Crippen molar-refractivity contribution in [3.63, 3.8) is 0 Å². The van der Waals surface area contributed by atoms with Gasteiger partial charge in [0.2, 0.25) is 5.12 Å². The van der Waals surface area contributed by atoms with Gasteiger partial charge in [-0.15, -0.1) is 0 Å². The van der Waals surface area contributed by atoms with E-state index in [1.807, 2.05) is 68.4 Å². The minimum Gasteiger partial charge on any atom is -0.409 e. The van der Waals surface area contributed by atoms with Crippen molar-refractivity contribution in [3.05, 3.63) is 71.8 Å². The number of benzene rings is 3. The SMILES string of the molecule is CCCc1ccc(C(=O)Sc2cccc3cccc(OC(=O)N(CC)CC)c23)cc1. The second-order valence-corrected chi connectivity index (χ2v) is 8.00. The van der Waals surface area contributed by atoms with E-state index >= 15 is 0 Å². The van der Waals surface area contributed by atoms with E-state index in [2.05, 4.69) is 6.92 Å². The summed E-state index contributed by atoms with van der Waals surface area (Å²) in [6, 6.07) is 19.1. The Morgan fingerprint density at radius 2 is 1.57 bits per heavy atom. The molecule has 0 unspecified atom stereocenters. The minimum atomic E-state index is -0.384. The molecule has 0 radical (unpaired) electrons. The van der Waals surface area contributed by atoms with Crippen LogP contribution in [-0.2, 0) is 6.42 Å². The zero-order valence-corrected chi connectivity index (χ0v) is 18.5. The molecule has 0 bridgehead atoms. The number of carbonyl (C=O) groups excluding carboxylic acids is 2. The highest BCUT2D eigenvalue weighted by molar-refractivity contribution is 8.14. The Morgan fingerprint density at radius 1 is 0.900 bits per heavy atom. The van der Waals surface area contributed by atoms with E-state index in [0.717, 1.165) is 40.3 Å². The number of ether oxygens (including phenoxy) is 1. The van der Waals surface area contributed by atoms with Crippen molar-refractivity contribution >= 4 is 33.7 Å². The van der Waals surface area contributed by atoms with Gasteiger partial charge >= 0.3 is 6.09 Å². The topological polar surface area (TPSA) is 46.6 Å². The van der Waals surface area contributed by atoms with Gasteiger partial charge in [0.1, 0.15) is 5.75 Å². The van der Waals surface area contributed by atoms with Crippen LogP contribution >= 0.6 is 11.8 Å². The fourth-order valence-corrected chi connectivity index (χ4v) is 4.26. The average molecular weight is 422 g/mol. The van der Waals surface area contributed by atoms with Gasteiger partial charge in [0, 0.05) is 28.9 Å². The average Bonchev–Trinajstić information content (AvgIpc) is 2.75. The fraction of sp³-hybridized carbons (Fsp3) is 0.280. The van der Waals surface area contributed by atoms with E-state index in [-0.39, 0.29) is 11.2 Å². The van der Waals surface area contributed by atoms with Crippen molar-refractivity contribution in [2.75, 3.05) is 13.1 Å². The third-order valence-corrected chi connectivity index (χ3v) is 5.96. The van der Waals surface area contributed by atoms with Crippen LogP contribution in [0.3, 0.4) is 0 Å². The molecule has 0 heterocycles. The van der Waals surface area contributed by atoms with Crippen molar-refractivity contribution in [2.45, 2.75) is 38.5 Å². The van der Waals surface area contributed by atoms with E-state index in [0.29, 0.717) is 24.4 Å². The van der Waals surface area contributed by atoms with Crippen molar-refractivity contribution in [2.24, 2.45) is 0 Å².